The maximum absolute atomic E-state index is 12.8. The first-order chi connectivity index (χ1) is 12.6. The van der Waals surface area contributed by atoms with Crippen LogP contribution in [0.1, 0.15) is 36.3 Å². The lowest BCUT2D eigenvalue weighted by molar-refractivity contribution is -0.00385. The Balaban J connectivity index is 1.47. The van der Waals surface area contributed by atoms with E-state index < -0.39 is 10.0 Å². The molecule has 5 rings (SSSR count). The minimum absolute atomic E-state index is 0.292. The van der Waals surface area contributed by atoms with E-state index in [4.69, 9.17) is 4.74 Å². The summed E-state index contributed by atoms with van der Waals surface area (Å²) in [6.45, 7) is 1.03. The van der Waals surface area contributed by atoms with Gasteiger partial charge >= 0.3 is 0 Å². The third kappa shape index (κ3) is 2.68. The SMILES string of the molecule is O=S(=O)(c1cccs1)N1CCOC(c2ncn3c(C4CC4)cccc23)C1. The van der Waals surface area contributed by atoms with E-state index in [1.807, 2.05) is 12.4 Å². The van der Waals surface area contributed by atoms with Gasteiger partial charge in [0.2, 0.25) is 0 Å². The van der Waals surface area contributed by atoms with E-state index in [0.717, 1.165) is 11.2 Å². The smallest absolute Gasteiger partial charge is 0.252 e. The Morgan fingerprint density at radius 2 is 2.08 bits per heavy atom. The highest BCUT2D eigenvalue weighted by Crippen LogP contribution is 2.40. The molecule has 1 saturated heterocycles. The number of pyridine rings is 1. The summed E-state index contributed by atoms with van der Waals surface area (Å²) in [5, 5.41) is 1.78. The van der Waals surface area contributed by atoms with Crippen molar-refractivity contribution in [2.45, 2.75) is 29.1 Å². The van der Waals surface area contributed by atoms with Gasteiger partial charge in [0.25, 0.3) is 10.0 Å². The van der Waals surface area contributed by atoms with Crippen LogP contribution in [0.25, 0.3) is 5.52 Å². The molecule has 1 unspecified atom stereocenters. The van der Waals surface area contributed by atoms with E-state index >= 15 is 0 Å². The van der Waals surface area contributed by atoms with Crippen LogP contribution in [0.15, 0.2) is 46.2 Å². The molecule has 1 atom stereocenters. The van der Waals surface area contributed by atoms with Crippen LogP contribution in [0, 0.1) is 0 Å². The molecule has 1 aliphatic heterocycles. The molecule has 136 valence electrons. The van der Waals surface area contributed by atoms with Gasteiger partial charge in [0.15, 0.2) is 0 Å². The third-order valence-corrected chi connectivity index (χ3v) is 8.29. The van der Waals surface area contributed by atoms with Crippen molar-refractivity contribution in [1.82, 2.24) is 13.7 Å². The van der Waals surface area contributed by atoms with E-state index in [2.05, 4.69) is 21.5 Å². The van der Waals surface area contributed by atoms with Gasteiger partial charge in [-0.15, -0.1) is 11.3 Å². The summed E-state index contributed by atoms with van der Waals surface area (Å²) < 4.78 is 35.6. The van der Waals surface area contributed by atoms with Crippen molar-refractivity contribution in [3.05, 3.63) is 53.4 Å². The van der Waals surface area contributed by atoms with Gasteiger partial charge in [0.1, 0.15) is 10.3 Å². The molecule has 0 aromatic carbocycles. The van der Waals surface area contributed by atoms with Gasteiger partial charge in [-0.2, -0.15) is 4.31 Å². The highest BCUT2D eigenvalue weighted by atomic mass is 32.2. The molecule has 26 heavy (non-hydrogen) atoms. The van der Waals surface area contributed by atoms with Crippen molar-refractivity contribution in [3.8, 4) is 0 Å². The molecule has 2 aliphatic rings. The molecule has 8 heteroatoms. The molecule has 0 amide bonds. The van der Waals surface area contributed by atoms with Gasteiger partial charge < -0.3 is 9.14 Å². The van der Waals surface area contributed by atoms with Crippen molar-refractivity contribution in [2.24, 2.45) is 0 Å². The molecule has 0 spiro atoms. The van der Waals surface area contributed by atoms with Crippen LogP contribution in [0.2, 0.25) is 0 Å². The average molecular weight is 390 g/mol. The zero-order valence-electron chi connectivity index (χ0n) is 14.1. The fourth-order valence-corrected chi connectivity index (χ4v) is 6.14. The van der Waals surface area contributed by atoms with E-state index in [-0.39, 0.29) is 6.10 Å². The molecule has 4 heterocycles. The van der Waals surface area contributed by atoms with Crippen molar-refractivity contribution in [2.75, 3.05) is 19.7 Å². The highest BCUT2D eigenvalue weighted by molar-refractivity contribution is 7.91. The first kappa shape index (κ1) is 16.4. The largest absolute Gasteiger partial charge is 0.369 e. The molecule has 2 fully saturated rings. The number of hydrogen-bond acceptors (Lipinski definition) is 5. The van der Waals surface area contributed by atoms with Crippen LogP contribution in [-0.2, 0) is 14.8 Å². The predicted octanol–water partition coefficient (Wildman–Crippen LogP) is 3.04. The molecule has 3 aromatic rings. The number of imidazole rings is 1. The standard InChI is InChI=1S/C18H19N3O3S2/c22-26(23,17-5-2-10-25-17)20-8-9-24-16(11-20)18-15-4-1-3-14(13-6-7-13)21(15)12-19-18/h1-5,10,12-13,16H,6-9,11H2. The molecule has 6 nitrogen and oxygen atoms in total. The summed E-state index contributed by atoms with van der Waals surface area (Å²) >= 11 is 1.25. The molecule has 1 aliphatic carbocycles. The van der Waals surface area contributed by atoms with E-state index in [9.17, 15) is 8.42 Å². The number of hydrogen-bond donors (Lipinski definition) is 0. The minimum Gasteiger partial charge on any atom is -0.369 e. The molecule has 3 aromatic heterocycles. The predicted molar refractivity (Wildman–Crippen MR) is 98.9 cm³/mol. The third-order valence-electron chi connectivity index (χ3n) is 5.05. The van der Waals surface area contributed by atoms with E-state index in [1.165, 1.54) is 34.2 Å². The second-order valence-corrected chi connectivity index (χ2v) is 9.88. The van der Waals surface area contributed by atoms with Gasteiger partial charge in [-0.05, 0) is 42.3 Å². The van der Waals surface area contributed by atoms with Crippen molar-refractivity contribution in [3.63, 3.8) is 0 Å². The Morgan fingerprint density at radius 1 is 1.19 bits per heavy atom. The summed E-state index contributed by atoms with van der Waals surface area (Å²) in [5.41, 5.74) is 3.11. The highest BCUT2D eigenvalue weighted by Gasteiger charge is 2.34. The number of morpholine rings is 1. The van der Waals surface area contributed by atoms with Gasteiger partial charge in [-0.3, -0.25) is 0 Å². The van der Waals surface area contributed by atoms with Gasteiger partial charge in [0, 0.05) is 18.8 Å². The van der Waals surface area contributed by atoms with Gasteiger partial charge in [-0.1, -0.05) is 12.1 Å². The van der Waals surface area contributed by atoms with Crippen molar-refractivity contribution < 1.29 is 13.2 Å². The zero-order valence-corrected chi connectivity index (χ0v) is 15.7. The maximum Gasteiger partial charge on any atom is 0.252 e. The summed E-state index contributed by atoms with van der Waals surface area (Å²) in [6.07, 6.45) is 3.94. The van der Waals surface area contributed by atoms with Gasteiger partial charge in [-0.25, -0.2) is 13.4 Å². The second-order valence-electron chi connectivity index (χ2n) is 6.76. The van der Waals surface area contributed by atoms with Crippen LogP contribution in [-0.4, -0.2) is 41.8 Å². The number of aromatic nitrogens is 2. The molecular formula is C18H19N3O3S2. The first-order valence-corrected chi connectivity index (χ1v) is 11.1. The monoisotopic (exact) mass is 389 g/mol. The number of thiophene rings is 1. The lowest BCUT2D eigenvalue weighted by Crippen LogP contribution is -2.42. The Hall–Kier alpha value is -1.74. The summed E-state index contributed by atoms with van der Waals surface area (Å²) in [5.74, 6) is 0.615. The fraction of sp³-hybridized carbons (Fsp3) is 0.389. The Morgan fingerprint density at radius 3 is 2.85 bits per heavy atom. The quantitative estimate of drug-likeness (QED) is 0.688. The normalized spacial score (nSPS) is 22.1. The van der Waals surface area contributed by atoms with E-state index in [1.54, 1.807) is 17.5 Å². The summed E-state index contributed by atoms with van der Waals surface area (Å²) in [7, 11) is -3.47. The molecular weight excluding hydrogens is 370 g/mol. The Bertz CT molecular complexity index is 1040. The minimum atomic E-state index is -3.47. The van der Waals surface area contributed by atoms with Gasteiger partial charge in [0.05, 0.1) is 24.1 Å². The molecule has 0 bridgehead atoms. The van der Waals surface area contributed by atoms with Crippen LogP contribution < -0.4 is 0 Å². The molecule has 1 saturated carbocycles. The summed E-state index contributed by atoms with van der Waals surface area (Å²) in [4.78, 5) is 4.59. The topological polar surface area (TPSA) is 63.9 Å². The average Bonchev–Trinajstić information content (AvgIpc) is 3.18. The fourth-order valence-electron chi connectivity index (χ4n) is 3.57. The van der Waals surface area contributed by atoms with Crippen LogP contribution in [0.3, 0.4) is 0 Å². The Labute approximate surface area is 156 Å². The van der Waals surface area contributed by atoms with Crippen LogP contribution >= 0.6 is 11.3 Å². The maximum atomic E-state index is 12.8. The number of nitrogens with zero attached hydrogens (tertiary/aromatic N) is 3. The lowest BCUT2D eigenvalue weighted by atomic mass is 10.1. The molecule has 0 radical (unpaired) electrons. The zero-order chi connectivity index (χ0) is 17.7. The number of ether oxygens (including phenoxy) is 1. The van der Waals surface area contributed by atoms with Crippen molar-refractivity contribution in [1.29, 1.82) is 0 Å². The molecule has 0 N–H and O–H groups in total. The Kier molecular flexibility index (Phi) is 3.89. The number of rotatable bonds is 4. The van der Waals surface area contributed by atoms with Crippen molar-refractivity contribution >= 4 is 26.9 Å². The number of fused-ring (bicyclic) bond motifs is 1. The van der Waals surface area contributed by atoms with Crippen LogP contribution in [0.5, 0.6) is 0 Å². The van der Waals surface area contributed by atoms with E-state index in [0.29, 0.717) is 29.8 Å². The number of sulfonamides is 1. The van der Waals surface area contributed by atoms with Crippen LogP contribution in [0.4, 0.5) is 0 Å². The lowest BCUT2D eigenvalue weighted by Gasteiger charge is -2.31. The second kappa shape index (κ2) is 6.16. The first-order valence-electron chi connectivity index (χ1n) is 8.76. The summed E-state index contributed by atoms with van der Waals surface area (Å²) in [6, 6.07) is 9.64.